The number of benzene rings is 1. The van der Waals surface area contributed by atoms with Gasteiger partial charge in [-0.3, -0.25) is 9.48 Å². The van der Waals surface area contributed by atoms with Gasteiger partial charge >= 0.3 is 6.18 Å². The summed E-state index contributed by atoms with van der Waals surface area (Å²) in [6.45, 7) is 2.00. The topological polar surface area (TPSA) is 59.0 Å². The first-order valence-electron chi connectivity index (χ1n) is 7.07. The third-order valence-electron chi connectivity index (χ3n) is 3.13. The molecule has 0 aliphatic rings. The number of hydrogen-bond acceptors (Lipinski definition) is 3. The van der Waals surface area contributed by atoms with Crippen molar-refractivity contribution in [3.63, 3.8) is 0 Å². The van der Waals surface area contributed by atoms with E-state index in [-0.39, 0.29) is 11.4 Å². The van der Waals surface area contributed by atoms with Crippen LogP contribution in [0.3, 0.4) is 0 Å². The summed E-state index contributed by atoms with van der Waals surface area (Å²) in [6.07, 6.45) is -2.05. The maximum Gasteiger partial charge on any atom is 0.408 e. The van der Waals surface area contributed by atoms with Crippen LogP contribution in [0.4, 0.5) is 28.9 Å². The van der Waals surface area contributed by atoms with E-state index >= 15 is 0 Å². The lowest BCUT2D eigenvalue weighted by molar-refractivity contribution is -0.142. The molecule has 2 rings (SSSR count). The van der Waals surface area contributed by atoms with E-state index in [4.69, 9.17) is 0 Å². The number of alkyl halides is 3. The molecule has 1 aromatic carbocycles. The molecule has 5 nitrogen and oxygen atoms in total. The van der Waals surface area contributed by atoms with Crippen LogP contribution in [0.25, 0.3) is 0 Å². The monoisotopic (exact) mass is 344 g/mol. The number of aromatic nitrogens is 2. The largest absolute Gasteiger partial charge is 0.408 e. The second-order valence-electron chi connectivity index (χ2n) is 5.38. The van der Waals surface area contributed by atoms with Crippen molar-refractivity contribution >= 4 is 17.3 Å². The van der Waals surface area contributed by atoms with E-state index in [9.17, 15) is 22.4 Å². The van der Waals surface area contributed by atoms with Crippen molar-refractivity contribution in [2.45, 2.75) is 32.6 Å². The van der Waals surface area contributed by atoms with Crippen molar-refractivity contribution in [2.75, 3.05) is 10.6 Å². The zero-order valence-corrected chi connectivity index (χ0v) is 13.0. The third kappa shape index (κ3) is 4.97. The summed E-state index contributed by atoms with van der Waals surface area (Å²) in [5, 5.41) is 8.70. The Morgan fingerprint density at radius 3 is 2.71 bits per heavy atom. The number of hydrogen-bond donors (Lipinski definition) is 2. The van der Waals surface area contributed by atoms with Gasteiger partial charge in [-0.05, 0) is 31.5 Å². The van der Waals surface area contributed by atoms with Gasteiger partial charge in [0.25, 0.3) is 0 Å². The lowest BCUT2D eigenvalue weighted by atomic mass is 10.2. The van der Waals surface area contributed by atoms with Crippen LogP contribution in [-0.2, 0) is 11.3 Å². The molecule has 0 radical (unpaired) electrons. The fraction of sp³-hybridized carbons (Fsp3) is 0.333. The molecule has 0 spiro atoms. The molecule has 0 saturated carbocycles. The highest BCUT2D eigenvalue weighted by Crippen LogP contribution is 2.19. The quantitative estimate of drug-likeness (QED) is 0.818. The molecule has 1 atom stereocenters. The number of rotatable bonds is 5. The van der Waals surface area contributed by atoms with E-state index in [2.05, 4.69) is 15.7 Å². The SMILES string of the molecule is Cc1ccc(NC(=O)[C@H](C)Nc2cnn(CC(F)(F)F)c2)c(F)c1. The van der Waals surface area contributed by atoms with E-state index in [0.29, 0.717) is 10.2 Å². The molecule has 2 aromatic rings. The Morgan fingerprint density at radius 2 is 2.08 bits per heavy atom. The molecule has 1 aromatic heterocycles. The molecule has 9 heteroatoms. The number of aryl methyl sites for hydroxylation is 1. The molecular weight excluding hydrogens is 328 g/mol. The number of nitrogens with zero attached hydrogens (tertiary/aromatic N) is 2. The van der Waals surface area contributed by atoms with Crippen LogP contribution in [0, 0.1) is 12.7 Å². The Labute approximate surface area is 135 Å². The number of anilines is 2. The molecule has 0 aliphatic carbocycles. The smallest absolute Gasteiger partial charge is 0.371 e. The average Bonchev–Trinajstić information content (AvgIpc) is 2.86. The average molecular weight is 344 g/mol. The van der Waals surface area contributed by atoms with Gasteiger partial charge in [-0.1, -0.05) is 6.07 Å². The fourth-order valence-corrected chi connectivity index (χ4v) is 1.99. The van der Waals surface area contributed by atoms with Gasteiger partial charge in [0.05, 0.1) is 17.6 Å². The molecule has 0 fully saturated rings. The van der Waals surface area contributed by atoms with Gasteiger partial charge in [0, 0.05) is 6.20 Å². The number of carbonyl (C=O) groups is 1. The van der Waals surface area contributed by atoms with E-state index in [0.717, 1.165) is 6.20 Å². The van der Waals surface area contributed by atoms with Crippen molar-refractivity contribution in [3.8, 4) is 0 Å². The van der Waals surface area contributed by atoms with Gasteiger partial charge in [-0.25, -0.2) is 4.39 Å². The summed E-state index contributed by atoms with van der Waals surface area (Å²) in [7, 11) is 0. The molecule has 0 unspecified atom stereocenters. The van der Waals surface area contributed by atoms with E-state index in [1.165, 1.54) is 25.3 Å². The minimum Gasteiger partial charge on any atom is -0.371 e. The zero-order chi connectivity index (χ0) is 17.9. The van der Waals surface area contributed by atoms with E-state index in [1.54, 1.807) is 13.0 Å². The van der Waals surface area contributed by atoms with E-state index in [1.807, 2.05) is 0 Å². The predicted molar refractivity (Wildman–Crippen MR) is 81.1 cm³/mol. The molecule has 130 valence electrons. The molecule has 0 saturated heterocycles. The summed E-state index contributed by atoms with van der Waals surface area (Å²) >= 11 is 0. The first kappa shape index (κ1) is 17.8. The van der Waals surface area contributed by atoms with Crippen molar-refractivity contribution in [2.24, 2.45) is 0 Å². The Hall–Kier alpha value is -2.58. The number of halogens is 4. The van der Waals surface area contributed by atoms with Crippen LogP contribution in [0.2, 0.25) is 0 Å². The summed E-state index contributed by atoms with van der Waals surface area (Å²) < 4.78 is 51.2. The molecule has 2 N–H and O–H groups in total. The first-order valence-corrected chi connectivity index (χ1v) is 7.07. The lowest BCUT2D eigenvalue weighted by Gasteiger charge is -2.14. The van der Waals surface area contributed by atoms with Gasteiger partial charge in [-0.15, -0.1) is 0 Å². The second-order valence-corrected chi connectivity index (χ2v) is 5.38. The molecule has 24 heavy (non-hydrogen) atoms. The Kier molecular flexibility index (Phi) is 5.10. The van der Waals surface area contributed by atoms with Gasteiger partial charge in [-0.2, -0.15) is 18.3 Å². The van der Waals surface area contributed by atoms with E-state index < -0.39 is 30.5 Å². The van der Waals surface area contributed by atoms with Gasteiger partial charge < -0.3 is 10.6 Å². The highest BCUT2D eigenvalue weighted by atomic mass is 19.4. The van der Waals surface area contributed by atoms with Gasteiger partial charge in [0.15, 0.2) is 0 Å². The Morgan fingerprint density at radius 1 is 1.38 bits per heavy atom. The minimum absolute atomic E-state index is 0.0343. The van der Waals surface area contributed by atoms with Crippen LogP contribution in [0.1, 0.15) is 12.5 Å². The standard InChI is InChI=1S/C15H16F4N4O/c1-9-3-4-13(12(16)5-9)22-14(24)10(2)21-11-6-20-23(7-11)8-15(17,18)19/h3-7,10,21H,8H2,1-2H3,(H,22,24)/t10-/m0/s1. The van der Waals surface area contributed by atoms with Crippen molar-refractivity contribution < 1.29 is 22.4 Å². The number of carbonyl (C=O) groups excluding carboxylic acids is 1. The highest BCUT2D eigenvalue weighted by Gasteiger charge is 2.28. The van der Waals surface area contributed by atoms with Crippen molar-refractivity contribution in [1.82, 2.24) is 9.78 Å². The van der Waals surface area contributed by atoms with Crippen molar-refractivity contribution in [1.29, 1.82) is 0 Å². The maximum absolute atomic E-state index is 13.7. The minimum atomic E-state index is -4.38. The summed E-state index contributed by atoms with van der Waals surface area (Å²) in [6, 6.07) is 3.58. The van der Waals surface area contributed by atoms with Crippen LogP contribution in [0.5, 0.6) is 0 Å². The highest BCUT2D eigenvalue weighted by molar-refractivity contribution is 5.96. The van der Waals surface area contributed by atoms with Crippen LogP contribution in [0.15, 0.2) is 30.6 Å². The van der Waals surface area contributed by atoms with Crippen LogP contribution >= 0.6 is 0 Å². The second kappa shape index (κ2) is 6.90. The van der Waals surface area contributed by atoms with Crippen LogP contribution < -0.4 is 10.6 Å². The molecular formula is C15H16F4N4O. The van der Waals surface area contributed by atoms with Gasteiger partial charge in [0.2, 0.25) is 5.91 Å². The molecule has 0 bridgehead atoms. The molecule has 1 amide bonds. The summed E-state index contributed by atoms with van der Waals surface area (Å²) in [4.78, 5) is 12.0. The Balaban J connectivity index is 1.96. The van der Waals surface area contributed by atoms with Crippen molar-refractivity contribution in [3.05, 3.63) is 42.0 Å². The Bertz CT molecular complexity index is 727. The summed E-state index contributed by atoms with van der Waals surface area (Å²) in [5.74, 6) is -1.09. The molecule has 0 aliphatic heterocycles. The number of nitrogens with one attached hydrogen (secondary N) is 2. The van der Waals surface area contributed by atoms with Gasteiger partial charge in [0.1, 0.15) is 18.4 Å². The zero-order valence-electron chi connectivity index (χ0n) is 13.0. The molecule has 1 heterocycles. The third-order valence-corrected chi connectivity index (χ3v) is 3.13. The predicted octanol–water partition coefficient (Wildman–Crippen LogP) is 3.33. The summed E-state index contributed by atoms with van der Waals surface area (Å²) in [5.41, 5.74) is 1.01. The number of amides is 1. The maximum atomic E-state index is 13.7. The lowest BCUT2D eigenvalue weighted by Crippen LogP contribution is -2.32. The van der Waals surface area contributed by atoms with Crippen LogP contribution in [-0.4, -0.2) is 27.9 Å². The fourth-order valence-electron chi connectivity index (χ4n) is 1.99. The normalized spacial score (nSPS) is 12.8. The first-order chi connectivity index (χ1) is 11.1.